The van der Waals surface area contributed by atoms with Crippen LogP contribution in [0.2, 0.25) is 5.02 Å². The number of hydrogen-bond acceptors (Lipinski definition) is 6. The van der Waals surface area contributed by atoms with Crippen LogP contribution in [0.4, 0.5) is 15.9 Å². The summed E-state index contributed by atoms with van der Waals surface area (Å²) in [6.45, 7) is 0.276. The number of fused-ring (bicyclic) bond motifs is 2. The van der Waals surface area contributed by atoms with Gasteiger partial charge in [-0.1, -0.05) is 23.7 Å². The van der Waals surface area contributed by atoms with Crippen LogP contribution < -0.4 is 10.1 Å². The van der Waals surface area contributed by atoms with Crippen molar-refractivity contribution in [3.63, 3.8) is 0 Å². The lowest BCUT2D eigenvalue weighted by atomic mass is 10.2. The predicted molar refractivity (Wildman–Crippen MR) is 138 cm³/mol. The second-order valence-corrected chi connectivity index (χ2v) is 9.19. The zero-order chi connectivity index (χ0) is 23.8. The fourth-order valence-corrected chi connectivity index (χ4v) is 4.72. The minimum Gasteiger partial charge on any atom is -0.486 e. The number of hydrogen-bond donors (Lipinski definition) is 2. The van der Waals surface area contributed by atoms with Crippen LogP contribution in [0.25, 0.3) is 32.4 Å². The summed E-state index contributed by atoms with van der Waals surface area (Å²) in [5.41, 5.74) is 4.37. The maximum atomic E-state index is 13.5. The van der Waals surface area contributed by atoms with Gasteiger partial charge in [0.15, 0.2) is 0 Å². The molecule has 172 valence electrons. The van der Waals surface area contributed by atoms with E-state index >= 15 is 0 Å². The fraction of sp³-hybridized carbons (Fsp3) is 0.0385. The molecule has 0 fully saturated rings. The third kappa shape index (κ3) is 4.41. The number of anilines is 2. The molecule has 35 heavy (non-hydrogen) atoms. The summed E-state index contributed by atoms with van der Waals surface area (Å²) in [7, 11) is 0. The van der Waals surface area contributed by atoms with Gasteiger partial charge in [-0.15, -0.1) is 11.3 Å². The van der Waals surface area contributed by atoms with Gasteiger partial charge in [0.25, 0.3) is 0 Å². The van der Waals surface area contributed by atoms with Gasteiger partial charge in [0.2, 0.25) is 0 Å². The molecule has 0 amide bonds. The number of H-pyrrole nitrogens is 1. The summed E-state index contributed by atoms with van der Waals surface area (Å²) < 4.78 is 19.5. The van der Waals surface area contributed by atoms with Crippen molar-refractivity contribution in [3.05, 3.63) is 95.1 Å². The van der Waals surface area contributed by atoms with Crippen molar-refractivity contribution in [1.82, 2.24) is 19.9 Å². The molecule has 6 aromatic rings. The third-order valence-corrected chi connectivity index (χ3v) is 6.71. The zero-order valence-corrected chi connectivity index (χ0v) is 19.7. The van der Waals surface area contributed by atoms with Crippen LogP contribution >= 0.6 is 22.9 Å². The van der Waals surface area contributed by atoms with E-state index in [0.29, 0.717) is 17.3 Å². The SMILES string of the molecule is Fc1ccc(Nc2ncnc3ccc(OCc4nc5ccc(-c6cccs6)cc5[nH]4)cc23)cc1Cl. The second-order valence-electron chi connectivity index (χ2n) is 7.84. The Morgan fingerprint density at radius 1 is 1.00 bits per heavy atom. The molecule has 2 N–H and O–H groups in total. The molecule has 0 unspecified atom stereocenters. The van der Waals surface area contributed by atoms with E-state index in [9.17, 15) is 4.39 Å². The molecule has 0 radical (unpaired) electrons. The number of aromatic nitrogens is 4. The van der Waals surface area contributed by atoms with Crippen molar-refractivity contribution in [3.8, 4) is 16.2 Å². The van der Waals surface area contributed by atoms with Crippen molar-refractivity contribution in [1.29, 1.82) is 0 Å². The van der Waals surface area contributed by atoms with Gasteiger partial charge < -0.3 is 15.0 Å². The van der Waals surface area contributed by atoms with Crippen LogP contribution in [0.1, 0.15) is 5.82 Å². The topological polar surface area (TPSA) is 75.7 Å². The highest BCUT2D eigenvalue weighted by Crippen LogP contribution is 2.30. The molecular formula is C26H17ClFN5OS. The molecule has 0 spiro atoms. The Hall–Kier alpha value is -4.01. The third-order valence-electron chi connectivity index (χ3n) is 5.50. The molecule has 6 nitrogen and oxygen atoms in total. The Balaban J connectivity index is 1.23. The normalized spacial score (nSPS) is 11.3. The van der Waals surface area contributed by atoms with E-state index < -0.39 is 5.82 Å². The summed E-state index contributed by atoms with van der Waals surface area (Å²) in [5, 5.41) is 6.03. The molecule has 0 saturated heterocycles. The standard InChI is InChI=1S/C26H17ClFN5OS/c27-19-11-16(4-6-20(19)28)31-26-18-12-17(5-8-21(18)29-14-30-26)34-13-25-32-22-7-3-15(10-23(22)33-25)24-2-1-9-35-24/h1-12,14H,13H2,(H,32,33)(H,29,30,31). The number of rotatable bonds is 6. The Morgan fingerprint density at radius 2 is 1.91 bits per heavy atom. The van der Waals surface area contributed by atoms with Crippen molar-refractivity contribution in [2.24, 2.45) is 0 Å². The van der Waals surface area contributed by atoms with Crippen molar-refractivity contribution in [2.45, 2.75) is 6.61 Å². The molecular weight excluding hydrogens is 485 g/mol. The molecule has 3 aromatic carbocycles. The van der Waals surface area contributed by atoms with Crippen LogP contribution in [0, 0.1) is 5.82 Å². The lowest BCUT2D eigenvalue weighted by Crippen LogP contribution is -1.99. The molecule has 3 heterocycles. The molecule has 0 aliphatic carbocycles. The molecule has 0 bridgehead atoms. The number of nitrogens with one attached hydrogen (secondary N) is 2. The van der Waals surface area contributed by atoms with Crippen molar-refractivity contribution < 1.29 is 9.13 Å². The fourth-order valence-electron chi connectivity index (χ4n) is 3.81. The number of nitrogens with zero attached hydrogens (tertiary/aromatic N) is 3. The molecule has 0 atom stereocenters. The summed E-state index contributed by atoms with van der Waals surface area (Å²) in [6, 6.07) is 20.3. The number of benzene rings is 3. The Bertz CT molecular complexity index is 1670. The molecule has 3 aromatic heterocycles. The highest BCUT2D eigenvalue weighted by atomic mass is 35.5. The van der Waals surface area contributed by atoms with Crippen LogP contribution in [0.3, 0.4) is 0 Å². The van der Waals surface area contributed by atoms with E-state index in [1.165, 1.54) is 23.3 Å². The van der Waals surface area contributed by atoms with Gasteiger partial charge in [0, 0.05) is 16.0 Å². The van der Waals surface area contributed by atoms with Gasteiger partial charge in [0.1, 0.15) is 36.1 Å². The second kappa shape index (κ2) is 8.98. The predicted octanol–water partition coefficient (Wildman–Crippen LogP) is 7.35. The quantitative estimate of drug-likeness (QED) is 0.249. The first-order valence-corrected chi connectivity index (χ1v) is 12.0. The van der Waals surface area contributed by atoms with Crippen molar-refractivity contribution in [2.75, 3.05) is 5.32 Å². The zero-order valence-electron chi connectivity index (χ0n) is 18.1. The summed E-state index contributed by atoms with van der Waals surface area (Å²) in [5.74, 6) is 1.46. The number of thiophene rings is 1. The summed E-state index contributed by atoms with van der Waals surface area (Å²) in [4.78, 5) is 17.9. The first-order chi connectivity index (χ1) is 17.1. The number of ether oxygens (including phenoxy) is 1. The molecule has 0 saturated carbocycles. The van der Waals surface area contributed by atoms with Gasteiger partial charge >= 0.3 is 0 Å². The van der Waals surface area contributed by atoms with Gasteiger partial charge in [-0.25, -0.2) is 19.3 Å². The minimum atomic E-state index is -0.478. The number of aromatic amines is 1. The van der Waals surface area contributed by atoms with E-state index in [4.69, 9.17) is 16.3 Å². The maximum Gasteiger partial charge on any atom is 0.146 e. The molecule has 9 heteroatoms. The van der Waals surface area contributed by atoms with Crippen molar-refractivity contribution >= 4 is 56.4 Å². The van der Waals surface area contributed by atoms with Gasteiger partial charge in [-0.3, -0.25) is 0 Å². The van der Waals surface area contributed by atoms with Gasteiger partial charge in [-0.05, 0) is 65.5 Å². The van der Waals surface area contributed by atoms with E-state index in [-0.39, 0.29) is 11.6 Å². The highest BCUT2D eigenvalue weighted by molar-refractivity contribution is 7.13. The summed E-state index contributed by atoms with van der Waals surface area (Å²) >= 11 is 7.62. The summed E-state index contributed by atoms with van der Waals surface area (Å²) in [6.07, 6.45) is 1.47. The molecule has 0 aliphatic rings. The van der Waals surface area contributed by atoms with E-state index in [0.717, 1.165) is 33.3 Å². The average Bonchev–Trinajstić information content (AvgIpc) is 3.55. The lowest BCUT2D eigenvalue weighted by Gasteiger charge is -2.10. The lowest BCUT2D eigenvalue weighted by molar-refractivity contribution is 0.298. The largest absolute Gasteiger partial charge is 0.486 e. The smallest absolute Gasteiger partial charge is 0.146 e. The number of imidazole rings is 1. The van der Waals surface area contributed by atoms with E-state index in [2.05, 4.69) is 48.8 Å². The van der Waals surface area contributed by atoms with E-state index in [1.807, 2.05) is 30.3 Å². The highest BCUT2D eigenvalue weighted by Gasteiger charge is 2.10. The van der Waals surface area contributed by atoms with Crippen LogP contribution in [0.15, 0.2) is 78.4 Å². The first-order valence-electron chi connectivity index (χ1n) is 10.7. The van der Waals surface area contributed by atoms with Crippen LogP contribution in [-0.4, -0.2) is 19.9 Å². The Labute approximate surface area is 208 Å². The minimum absolute atomic E-state index is 0.0331. The molecule has 6 rings (SSSR count). The first kappa shape index (κ1) is 21.5. The van der Waals surface area contributed by atoms with Crippen LogP contribution in [0.5, 0.6) is 5.75 Å². The van der Waals surface area contributed by atoms with E-state index in [1.54, 1.807) is 17.4 Å². The maximum absolute atomic E-state index is 13.5. The van der Waals surface area contributed by atoms with Gasteiger partial charge in [-0.2, -0.15) is 0 Å². The van der Waals surface area contributed by atoms with Gasteiger partial charge in [0.05, 0.1) is 21.6 Å². The number of halogens is 2. The molecule has 0 aliphatic heterocycles. The average molecular weight is 502 g/mol. The Kier molecular flexibility index (Phi) is 5.52. The Morgan fingerprint density at radius 3 is 2.77 bits per heavy atom. The monoisotopic (exact) mass is 501 g/mol. The van der Waals surface area contributed by atoms with Crippen LogP contribution in [-0.2, 0) is 6.61 Å².